The van der Waals surface area contributed by atoms with E-state index in [9.17, 15) is 5.11 Å². The molecule has 4 N–H and O–H groups in total. The van der Waals surface area contributed by atoms with Gasteiger partial charge in [-0.25, -0.2) is 0 Å². The van der Waals surface area contributed by atoms with Gasteiger partial charge in [0.15, 0.2) is 0 Å². The van der Waals surface area contributed by atoms with Crippen molar-refractivity contribution in [2.75, 3.05) is 6.54 Å². The molecule has 0 fully saturated rings. The van der Waals surface area contributed by atoms with E-state index in [1.807, 2.05) is 30.5 Å². The summed E-state index contributed by atoms with van der Waals surface area (Å²) < 4.78 is 0. The Morgan fingerprint density at radius 1 is 1.36 bits per heavy atom. The number of aliphatic hydroxyl groups is 1. The molecule has 2 aromatic rings. The predicted molar refractivity (Wildman–Crippen MR) is 56.9 cm³/mol. The van der Waals surface area contributed by atoms with E-state index >= 15 is 0 Å². The van der Waals surface area contributed by atoms with Gasteiger partial charge in [0.2, 0.25) is 0 Å². The highest BCUT2D eigenvalue weighted by molar-refractivity contribution is 5.79. The van der Waals surface area contributed by atoms with Crippen LogP contribution in [0.15, 0.2) is 30.5 Å². The molecule has 0 bridgehead atoms. The SMILES string of the molecule is NCC[C@@H](O)c1ccc2[nH]ccc2c1. The number of H-pyrrole nitrogens is 1. The van der Waals surface area contributed by atoms with Crippen LogP contribution < -0.4 is 5.73 Å². The zero-order valence-corrected chi connectivity index (χ0v) is 7.90. The van der Waals surface area contributed by atoms with E-state index in [0.717, 1.165) is 16.5 Å². The lowest BCUT2D eigenvalue weighted by molar-refractivity contribution is 0.170. The summed E-state index contributed by atoms with van der Waals surface area (Å²) in [6.07, 6.45) is 2.05. The van der Waals surface area contributed by atoms with Gasteiger partial charge < -0.3 is 15.8 Å². The largest absolute Gasteiger partial charge is 0.388 e. The molecule has 1 aromatic heterocycles. The van der Waals surface area contributed by atoms with Gasteiger partial charge in [0, 0.05) is 11.7 Å². The average molecular weight is 190 g/mol. The number of hydrogen-bond donors (Lipinski definition) is 3. The van der Waals surface area contributed by atoms with Crippen LogP contribution in [0.2, 0.25) is 0 Å². The maximum absolute atomic E-state index is 9.73. The fourth-order valence-electron chi connectivity index (χ4n) is 1.60. The first-order chi connectivity index (χ1) is 6.81. The smallest absolute Gasteiger partial charge is 0.0802 e. The van der Waals surface area contributed by atoms with Crippen molar-refractivity contribution in [3.8, 4) is 0 Å². The molecule has 0 aliphatic heterocycles. The average Bonchev–Trinajstić information content (AvgIpc) is 2.64. The highest BCUT2D eigenvalue weighted by Gasteiger charge is 2.06. The van der Waals surface area contributed by atoms with Crippen molar-refractivity contribution in [1.82, 2.24) is 4.98 Å². The molecule has 14 heavy (non-hydrogen) atoms. The molecular weight excluding hydrogens is 176 g/mol. The topological polar surface area (TPSA) is 62.0 Å². The van der Waals surface area contributed by atoms with Crippen molar-refractivity contribution in [3.05, 3.63) is 36.0 Å². The zero-order valence-electron chi connectivity index (χ0n) is 7.90. The summed E-state index contributed by atoms with van der Waals surface area (Å²) in [5.74, 6) is 0. The molecule has 3 heteroatoms. The van der Waals surface area contributed by atoms with Gasteiger partial charge >= 0.3 is 0 Å². The Bertz CT molecular complexity index is 422. The van der Waals surface area contributed by atoms with Crippen molar-refractivity contribution >= 4 is 10.9 Å². The van der Waals surface area contributed by atoms with E-state index in [1.54, 1.807) is 0 Å². The van der Waals surface area contributed by atoms with Gasteiger partial charge in [-0.3, -0.25) is 0 Å². The molecule has 0 aliphatic carbocycles. The van der Waals surface area contributed by atoms with E-state index in [4.69, 9.17) is 5.73 Å². The number of benzene rings is 1. The molecule has 0 amide bonds. The van der Waals surface area contributed by atoms with Crippen LogP contribution in [-0.4, -0.2) is 16.6 Å². The van der Waals surface area contributed by atoms with E-state index in [2.05, 4.69) is 4.98 Å². The Hall–Kier alpha value is -1.32. The van der Waals surface area contributed by atoms with Gasteiger partial charge in [0.25, 0.3) is 0 Å². The van der Waals surface area contributed by atoms with Gasteiger partial charge in [-0.2, -0.15) is 0 Å². The van der Waals surface area contributed by atoms with Crippen LogP contribution in [0.4, 0.5) is 0 Å². The summed E-state index contributed by atoms with van der Waals surface area (Å²) in [7, 11) is 0. The summed E-state index contributed by atoms with van der Waals surface area (Å²) in [6.45, 7) is 0.506. The third-order valence-corrected chi connectivity index (χ3v) is 2.40. The summed E-state index contributed by atoms with van der Waals surface area (Å²) in [5, 5.41) is 10.9. The van der Waals surface area contributed by atoms with Crippen LogP contribution in [0.1, 0.15) is 18.1 Å². The molecule has 0 saturated carbocycles. The maximum Gasteiger partial charge on any atom is 0.0802 e. The van der Waals surface area contributed by atoms with Crippen LogP contribution in [0.25, 0.3) is 10.9 Å². The fourth-order valence-corrected chi connectivity index (χ4v) is 1.60. The third-order valence-electron chi connectivity index (χ3n) is 2.40. The third kappa shape index (κ3) is 1.64. The maximum atomic E-state index is 9.73. The Morgan fingerprint density at radius 2 is 2.21 bits per heavy atom. The van der Waals surface area contributed by atoms with E-state index < -0.39 is 6.10 Å². The standard InChI is InChI=1S/C11H14N2O/c12-5-3-11(14)9-1-2-10-8(7-9)4-6-13-10/h1-2,4,6-7,11,13-14H,3,5,12H2/t11-/m1/s1. The number of nitrogens with one attached hydrogen (secondary N) is 1. The molecule has 0 radical (unpaired) electrons. The molecule has 1 aromatic carbocycles. The lowest BCUT2D eigenvalue weighted by atomic mass is 10.1. The summed E-state index contributed by atoms with van der Waals surface area (Å²) in [5.41, 5.74) is 7.42. The molecule has 2 rings (SSSR count). The van der Waals surface area contributed by atoms with E-state index in [0.29, 0.717) is 13.0 Å². The minimum atomic E-state index is -0.445. The van der Waals surface area contributed by atoms with E-state index in [-0.39, 0.29) is 0 Å². The van der Waals surface area contributed by atoms with Gasteiger partial charge in [-0.05, 0) is 42.1 Å². The first kappa shape index (κ1) is 9.24. The highest BCUT2D eigenvalue weighted by Crippen LogP contribution is 2.21. The molecule has 1 atom stereocenters. The van der Waals surface area contributed by atoms with Gasteiger partial charge in [0.05, 0.1) is 6.10 Å². The monoisotopic (exact) mass is 190 g/mol. The molecule has 0 saturated heterocycles. The Balaban J connectivity index is 2.33. The van der Waals surface area contributed by atoms with Crippen molar-refractivity contribution in [3.63, 3.8) is 0 Å². The van der Waals surface area contributed by atoms with Gasteiger partial charge in [-0.1, -0.05) is 6.07 Å². The van der Waals surface area contributed by atoms with Crippen molar-refractivity contribution in [2.24, 2.45) is 5.73 Å². The van der Waals surface area contributed by atoms with Crippen LogP contribution in [0, 0.1) is 0 Å². The van der Waals surface area contributed by atoms with Crippen LogP contribution in [-0.2, 0) is 0 Å². The highest BCUT2D eigenvalue weighted by atomic mass is 16.3. The lowest BCUT2D eigenvalue weighted by Crippen LogP contribution is -2.06. The normalized spacial score (nSPS) is 13.3. The molecule has 74 valence electrons. The molecule has 0 aliphatic rings. The van der Waals surface area contributed by atoms with Crippen LogP contribution in [0.5, 0.6) is 0 Å². The second-order valence-corrected chi connectivity index (χ2v) is 3.42. The number of aliphatic hydroxyl groups excluding tert-OH is 1. The fraction of sp³-hybridized carbons (Fsp3) is 0.273. The zero-order chi connectivity index (χ0) is 9.97. The van der Waals surface area contributed by atoms with Crippen LogP contribution >= 0.6 is 0 Å². The first-order valence-electron chi connectivity index (χ1n) is 4.76. The molecule has 3 nitrogen and oxygen atoms in total. The number of nitrogens with two attached hydrogens (primary N) is 1. The Morgan fingerprint density at radius 3 is 3.00 bits per heavy atom. The lowest BCUT2D eigenvalue weighted by Gasteiger charge is -2.09. The van der Waals surface area contributed by atoms with Crippen molar-refractivity contribution in [1.29, 1.82) is 0 Å². The minimum Gasteiger partial charge on any atom is -0.388 e. The number of aromatic nitrogens is 1. The van der Waals surface area contributed by atoms with Crippen molar-refractivity contribution in [2.45, 2.75) is 12.5 Å². The second-order valence-electron chi connectivity index (χ2n) is 3.42. The van der Waals surface area contributed by atoms with E-state index in [1.165, 1.54) is 0 Å². The summed E-state index contributed by atoms with van der Waals surface area (Å²) in [6, 6.07) is 7.89. The predicted octanol–water partition coefficient (Wildman–Crippen LogP) is 1.55. The molecule has 0 spiro atoms. The molecule has 0 unspecified atom stereocenters. The number of aromatic amines is 1. The number of fused-ring (bicyclic) bond motifs is 1. The number of rotatable bonds is 3. The summed E-state index contributed by atoms with van der Waals surface area (Å²) in [4.78, 5) is 3.11. The van der Waals surface area contributed by atoms with Crippen LogP contribution in [0.3, 0.4) is 0 Å². The quantitative estimate of drug-likeness (QED) is 0.687. The minimum absolute atomic E-state index is 0.445. The first-order valence-corrected chi connectivity index (χ1v) is 4.76. The molecular formula is C11H14N2O. The molecule has 1 heterocycles. The van der Waals surface area contributed by atoms with Crippen molar-refractivity contribution < 1.29 is 5.11 Å². The van der Waals surface area contributed by atoms with Gasteiger partial charge in [-0.15, -0.1) is 0 Å². The van der Waals surface area contributed by atoms with Gasteiger partial charge in [0.1, 0.15) is 0 Å². The Kier molecular flexibility index (Phi) is 2.52. The number of hydrogen-bond acceptors (Lipinski definition) is 2. The Labute approximate surface area is 82.6 Å². The summed E-state index contributed by atoms with van der Waals surface area (Å²) >= 11 is 0. The second kappa shape index (κ2) is 3.82.